The maximum absolute atomic E-state index is 5.88. The Bertz CT molecular complexity index is 397. The highest BCUT2D eigenvalue weighted by Gasteiger charge is 2.46. The zero-order valence-corrected chi connectivity index (χ0v) is 9.36. The first-order valence-electron chi connectivity index (χ1n) is 5.61. The smallest absolute Gasteiger partial charge is 0.157 e. The number of terminal acetylenes is 1. The van der Waals surface area contributed by atoms with Gasteiger partial charge in [-0.15, -0.1) is 13.0 Å². The summed E-state index contributed by atoms with van der Waals surface area (Å²) in [7, 11) is 0. The Kier molecular flexibility index (Phi) is 3.12. The lowest BCUT2D eigenvalue weighted by Crippen LogP contribution is -2.30. The molecular formula is C15H16O. The Morgan fingerprint density at radius 2 is 2.12 bits per heavy atom. The maximum Gasteiger partial charge on any atom is 0.157 e. The molecule has 0 N–H and O–H groups in total. The van der Waals surface area contributed by atoms with Gasteiger partial charge in [0.1, 0.15) is 0 Å². The number of ether oxygens (including phenoxy) is 1. The molecule has 1 aromatic carbocycles. The van der Waals surface area contributed by atoms with Gasteiger partial charge < -0.3 is 4.74 Å². The monoisotopic (exact) mass is 212 g/mol. The van der Waals surface area contributed by atoms with Crippen molar-refractivity contribution in [1.29, 1.82) is 0 Å². The van der Waals surface area contributed by atoms with Gasteiger partial charge in [-0.25, -0.2) is 0 Å². The summed E-state index contributed by atoms with van der Waals surface area (Å²) in [5.41, 5.74) is 0.539. The van der Waals surface area contributed by atoms with E-state index in [9.17, 15) is 0 Å². The number of hydrogen-bond acceptors (Lipinski definition) is 1. The van der Waals surface area contributed by atoms with Crippen LogP contribution in [0.5, 0.6) is 0 Å². The van der Waals surface area contributed by atoms with Crippen molar-refractivity contribution >= 4 is 0 Å². The molecule has 0 spiro atoms. The molecule has 0 saturated heterocycles. The summed E-state index contributed by atoms with van der Waals surface area (Å²) in [5, 5.41) is 0. The van der Waals surface area contributed by atoms with Crippen molar-refractivity contribution in [1.82, 2.24) is 0 Å². The van der Waals surface area contributed by atoms with E-state index in [1.807, 2.05) is 30.3 Å². The van der Waals surface area contributed by atoms with E-state index in [-0.39, 0.29) is 0 Å². The number of benzene rings is 1. The second-order valence-corrected chi connectivity index (χ2v) is 4.12. The molecule has 1 aliphatic carbocycles. The summed E-state index contributed by atoms with van der Waals surface area (Å²) in [5.74, 6) is 3.32. The van der Waals surface area contributed by atoms with Crippen molar-refractivity contribution in [2.75, 3.05) is 6.61 Å². The van der Waals surface area contributed by atoms with Gasteiger partial charge in [0.15, 0.2) is 5.60 Å². The number of rotatable bonds is 5. The Labute approximate surface area is 97.1 Å². The fraction of sp³-hybridized carbons (Fsp3) is 0.333. The Morgan fingerprint density at radius 3 is 2.62 bits per heavy atom. The molecule has 0 heterocycles. The first-order valence-corrected chi connectivity index (χ1v) is 5.61. The maximum atomic E-state index is 5.88. The van der Waals surface area contributed by atoms with Gasteiger partial charge in [-0.05, 0) is 18.4 Å². The molecule has 1 atom stereocenters. The van der Waals surface area contributed by atoms with E-state index in [0.29, 0.717) is 12.5 Å². The summed E-state index contributed by atoms with van der Waals surface area (Å²) >= 11 is 0. The molecule has 1 fully saturated rings. The highest BCUT2D eigenvalue weighted by molar-refractivity contribution is 5.34. The van der Waals surface area contributed by atoms with Crippen LogP contribution in [-0.2, 0) is 10.3 Å². The van der Waals surface area contributed by atoms with Crippen LogP contribution in [-0.4, -0.2) is 6.61 Å². The van der Waals surface area contributed by atoms with Gasteiger partial charge in [-0.2, -0.15) is 0 Å². The highest BCUT2D eigenvalue weighted by atomic mass is 16.5. The van der Waals surface area contributed by atoms with Crippen molar-refractivity contribution in [2.45, 2.75) is 18.4 Å². The van der Waals surface area contributed by atoms with Crippen LogP contribution in [0, 0.1) is 18.3 Å². The standard InChI is InChI=1S/C15H16O/c1-3-12-16-15(4-2,14-10-11-14)13-8-6-5-7-9-13/h2-3,5-9,14H,1,10-12H2. The molecule has 1 aromatic rings. The Hall–Kier alpha value is -1.52. The van der Waals surface area contributed by atoms with Gasteiger partial charge in [-0.1, -0.05) is 42.3 Å². The summed E-state index contributed by atoms with van der Waals surface area (Å²) < 4.78 is 5.88. The van der Waals surface area contributed by atoms with Crippen LogP contribution in [0.3, 0.4) is 0 Å². The highest BCUT2D eigenvalue weighted by Crippen LogP contribution is 2.47. The number of hydrogen-bond donors (Lipinski definition) is 0. The largest absolute Gasteiger partial charge is 0.354 e. The third-order valence-electron chi connectivity index (χ3n) is 3.00. The van der Waals surface area contributed by atoms with Crippen LogP contribution in [0.25, 0.3) is 0 Å². The molecule has 1 unspecified atom stereocenters. The second-order valence-electron chi connectivity index (χ2n) is 4.12. The van der Waals surface area contributed by atoms with Crippen LogP contribution in [0.4, 0.5) is 0 Å². The molecule has 1 heteroatoms. The average molecular weight is 212 g/mol. The van der Waals surface area contributed by atoms with E-state index < -0.39 is 5.60 Å². The van der Waals surface area contributed by atoms with E-state index in [1.165, 1.54) is 0 Å². The molecule has 1 aliphatic rings. The van der Waals surface area contributed by atoms with E-state index in [0.717, 1.165) is 18.4 Å². The average Bonchev–Trinajstić information content (AvgIpc) is 3.17. The minimum Gasteiger partial charge on any atom is -0.354 e. The quantitative estimate of drug-likeness (QED) is 0.538. The van der Waals surface area contributed by atoms with Crippen LogP contribution >= 0.6 is 0 Å². The van der Waals surface area contributed by atoms with Crippen molar-refractivity contribution < 1.29 is 4.74 Å². The normalized spacial score (nSPS) is 18.4. The third-order valence-corrected chi connectivity index (χ3v) is 3.00. The zero-order chi connectivity index (χ0) is 11.4. The Balaban J connectivity index is 2.33. The predicted octanol–water partition coefficient (Wildman–Crippen LogP) is 3.13. The lowest BCUT2D eigenvalue weighted by molar-refractivity contribution is -0.00484. The third kappa shape index (κ3) is 1.89. The van der Waals surface area contributed by atoms with Crippen LogP contribution in [0.15, 0.2) is 43.0 Å². The minimum absolute atomic E-state index is 0.458. The minimum atomic E-state index is -0.546. The molecule has 2 rings (SSSR count). The van der Waals surface area contributed by atoms with Gasteiger partial charge in [0.2, 0.25) is 0 Å². The second kappa shape index (κ2) is 4.55. The molecule has 0 bridgehead atoms. The first kappa shape index (κ1) is 11.0. The van der Waals surface area contributed by atoms with Gasteiger partial charge in [0.25, 0.3) is 0 Å². The molecule has 16 heavy (non-hydrogen) atoms. The van der Waals surface area contributed by atoms with Crippen molar-refractivity contribution in [2.24, 2.45) is 5.92 Å². The fourth-order valence-electron chi connectivity index (χ4n) is 2.05. The Morgan fingerprint density at radius 1 is 1.44 bits per heavy atom. The van der Waals surface area contributed by atoms with Crippen molar-refractivity contribution in [3.8, 4) is 12.3 Å². The first-order chi connectivity index (χ1) is 7.83. The molecule has 1 saturated carbocycles. The summed E-state index contributed by atoms with van der Waals surface area (Å²) in [6, 6.07) is 10.1. The summed E-state index contributed by atoms with van der Waals surface area (Å²) in [6.45, 7) is 4.17. The molecular weight excluding hydrogens is 196 g/mol. The SMILES string of the molecule is C#CC(OCC=C)(c1ccccc1)C1CC1. The molecule has 0 radical (unpaired) electrons. The summed E-state index contributed by atoms with van der Waals surface area (Å²) in [4.78, 5) is 0. The molecule has 82 valence electrons. The topological polar surface area (TPSA) is 9.23 Å². The molecule has 0 aromatic heterocycles. The molecule has 1 nitrogen and oxygen atoms in total. The van der Waals surface area contributed by atoms with Crippen LogP contribution < -0.4 is 0 Å². The van der Waals surface area contributed by atoms with Crippen LogP contribution in [0.2, 0.25) is 0 Å². The van der Waals surface area contributed by atoms with E-state index in [4.69, 9.17) is 11.2 Å². The fourth-order valence-corrected chi connectivity index (χ4v) is 2.05. The van der Waals surface area contributed by atoms with Crippen molar-refractivity contribution in [3.63, 3.8) is 0 Å². The predicted molar refractivity (Wildman–Crippen MR) is 65.8 cm³/mol. The van der Waals surface area contributed by atoms with Gasteiger partial charge in [-0.3, -0.25) is 0 Å². The molecule has 0 aliphatic heterocycles. The van der Waals surface area contributed by atoms with Crippen LogP contribution in [0.1, 0.15) is 18.4 Å². The lowest BCUT2D eigenvalue weighted by Gasteiger charge is -2.29. The molecule has 0 amide bonds. The van der Waals surface area contributed by atoms with Gasteiger partial charge in [0.05, 0.1) is 6.61 Å². The lowest BCUT2D eigenvalue weighted by atomic mass is 9.89. The van der Waals surface area contributed by atoms with Crippen molar-refractivity contribution in [3.05, 3.63) is 48.6 Å². The zero-order valence-electron chi connectivity index (χ0n) is 9.36. The van der Waals surface area contributed by atoms with Gasteiger partial charge in [0, 0.05) is 5.92 Å². The van der Waals surface area contributed by atoms with E-state index >= 15 is 0 Å². The van der Waals surface area contributed by atoms with E-state index in [2.05, 4.69) is 12.5 Å². The van der Waals surface area contributed by atoms with E-state index in [1.54, 1.807) is 6.08 Å². The summed E-state index contributed by atoms with van der Waals surface area (Å²) in [6.07, 6.45) is 9.76. The van der Waals surface area contributed by atoms with Gasteiger partial charge >= 0.3 is 0 Å².